The summed E-state index contributed by atoms with van der Waals surface area (Å²) in [5.41, 5.74) is -1.08. The summed E-state index contributed by atoms with van der Waals surface area (Å²) < 4.78 is 0. The quantitative estimate of drug-likeness (QED) is 0.590. The minimum Gasteiger partial charge on any atom is -0.396 e. The lowest BCUT2D eigenvalue weighted by Gasteiger charge is -2.54. The molecule has 0 saturated heterocycles. The van der Waals surface area contributed by atoms with Gasteiger partial charge in [-0.3, -0.25) is 0 Å². The topological polar surface area (TPSA) is 80.9 Å². The number of rotatable bonds is 3. The van der Waals surface area contributed by atoms with E-state index in [0.717, 1.165) is 32.1 Å². The number of aliphatic hydroxyl groups excluding tert-OH is 3. The number of fused-ring (bicyclic) bond motifs is 1. The summed E-state index contributed by atoms with van der Waals surface area (Å²) in [6.07, 6.45) is 10.9. The van der Waals surface area contributed by atoms with Crippen LogP contribution in [0.4, 0.5) is 0 Å². The molecule has 0 amide bonds. The van der Waals surface area contributed by atoms with Gasteiger partial charge in [0.25, 0.3) is 0 Å². The van der Waals surface area contributed by atoms with Crippen molar-refractivity contribution in [2.45, 2.75) is 63.6 Å². The van der Waals surface area contributed by atoms with E-state index in [0.29, 0.717) is 18.8 Å². The van der Waals surface area contributed by atoms with Crippen molar-refractivity contribution >= 4 is 0 Å². The van der Waals surface area contributed by atoms with Crippen LogP contribution in [0.1, 0.15) is 51.9 Å². The maximum absolute atomic E-state index is 10.7. The average molecular weight is 336 g/mol. The number of terminal acetylenes is 1. The zero-order valence-corrected chi connectivity index (χ0v) is 14.7. The molecule has 0 aromatic rings. The molecule has 0 unspecified atom stereocenters. The predicted molar refractivity (Wildman–Crippen MR) is 91.8 cm³/mol. The molecular formula is C20H32O4. The highest BCUT2D eigenvalue weighted by Gasteiger charge is 2.57. The molecule has 0 heterocycles. The molecule has 3 aliphatic rings. The summed E-state index contributed by atoms with van der Waals surface area (Å²) in [5, 5.41) is 40.8. The van der Waals surface area contributed by atoms with Gasteiger partial charge in [-0.2, -0.15) is 0 Å². The van der Waals surface area contributed by atoms with Crippen LogP contribution in [-0.4, -0.2) is 45.3 Å². The van der Waals surface area contributed by atoms with E-state index in [1.807, 2.05) is 0 Å². The van der Waals surface area contributed by atoms with Crippen LogP contribution in [-0.2, 0) is 0 Å². The van der Waals surface area contributed by atoms with Crippen LogP contribution in [0.3, 0.4) is 0 Å². The Kier molecular flexibility index (Phi) is 5.01. The van der Waals surface area contributed by atoms with Crippen molar-refractivity contribution in [1.82, 2.24) is 0 Å². The molecule has 4 N–H and O–H groups in total. The Morgan fingerprint density at radius 2 is 1.75 bits per heavy atom. The van der Waals surface area contributed by atoms with E-state index in [-0.39, 0.29) is 48.4 Å². The van der Waals surface area contributed by atoms with E-state index in [9.17, 15) is 20.4 Å². The van der Waals surface area contributed by atoms with Gasteiger partial charge in [0.1, 0.15) is 5.60 Å². The molecule has 0 spiro atoms. The zero-order chi connectivity index (χ0) is 17.5. The first-order chi connectivity index (χ1) is 11.4. The highest BCUT2D eigenvalue weighted by molar-refractivity contribution is 5.18. The second-order valence-corrected chi connectivity index (χ2v) is 8.72. The van der Waals surface area contributed by atoms with Crippen molar-refractivity contribution in [3.8, 4) is 12.3 Å². The largest absolute Gasteiger partial charge is 0.396 e. The van der Waals surface area contributed by atoms with Crippen molar-refractivity contribution in [3.05, 3.63) is 0 Å². The second kappa shape index (κ2) is 6.61. The first kappa shape index (κ1) is 18.2. The van der Waals surface area contributed by atoms with Crippen molar-refractivity contribution < 1.29 is 20.4 Å². The van der Waals surface area contributed by atoms with Crippen LogP contribution >= 0.6 is 0 Å². The van der Waals surface area contributed by atoms with E-state index in [1.54, 1.807) is 0 Å². The third-order valence-electron chi connectivity index (χ3n) is 7.88. The summed E-state index contributed by atoms with van der Waals surface area (Å²) >= 11 is 0. The van der Waals surface area contributed by atoms with Gasteiger partial charge in [-0.05, 0) is 74.0 Å². The van der Waals surface area contributed by atoms with E-state index in [2.05, 4.69) is 12.8 Å². The standard InChI is InChI=1S/C20H32O4/c1-3-20(24)9-7-15-16(12-22)17(4-5-18(15)20)19(2)8-6-14(23)10-13(19)11-21/h1,13-18,21-24H,4-12H2,2H3/t13-,14+,15+,16+,17+,18+,19+,20+/m1/s1. The normalized spacial score (nSPS) is 51.8. The SMILES string of the molecule is C#C[C@]1(O)CC[C@H]2[C@H](CO)[C@@H]([C@@]3(C)CC[C@H](O)C[C@@H]3CO)CC[C@@H]21. The van der Waals surface area contributed by atoms with Crippen LogP contribution in [0.15, 0.2) is 0 Å². The molecule has 0 bridgehead atoms. The first-order valence-corrected chi connectivity index (χ1v) is 9.49. The van der Waals surface area contributed by atoms with Gasteiger partial charge in [0.2, 0.25) is 0 Å². The summed E-state index contributed by atoms with van der Waals surface area (Å²) in [5.74, 6) is 3.47. The van der Waals surface area contributed by atoms with Gasteiger partial charge in [-0.25, -0.2) is 0 Å². The molecule has 3 aliphatic carbocycles. The van der Waals surface area contributed by atoms with E-state index in [1.165, 1.54) is 0 Å². The van der Waals surface area contributed by atoms with E-state index >= 15 is 0 Å². The van der Waals surface area contributed by atoms with Gasteiger partial charge in [0.05, 0.1) is 6.10 Å². The molecule has 0 radical (unpaired) electrons. The molecule has 3 saturated carbocycles. The Morgan fingerprint density at radius 3 is 2.38 bits per heavy atom. The van der Waals surface area contributed by atoms with Crippen molar-refractivity contribution in [2.24, 2.45) is 35.0 Å². The molecule has 0 aliphatic heterocycles. The monoisotopic (exact) mass is 336 g/mol. The molecular weight excluding hydrogens is 304 g/mol. The molecule has 4 heteroatoms. The zero-order valence-electron chi connectivity index (χ0n) is 14.7. The summed E-state index contributed by atoms with van der Waals surface area (Å²) in [4.78, 5) is 0. The lowest BCUT2D eigenvalue weighted by atomic mass is 9.51. The van der Waals surface area contributed by atoms with Gasteiger partial charge >= 0.3 is 0 Å². The van der Waals surface area contributed by atoms with Crippen LogP contribution in [0.2, 0.25) is 0 Å². The Bertz CT molecular complexity index is 500. The van der Waals surface area contributed by atoms with E-state index < -0.39 is 5.60 Å². The van der Waals surface area contributed by atoms with Gasteiger partial charge in [-0.15, -0.1) is 6.42 Å². The third-order valence-corrected chi connectivity index (χ3v) is 7.88. The Morgan fingerprint density at radius 1 is 1.04 bits per heavy atom. The Hall–Kier alpha value is -0.600. The van der Waals surface area contributed by atoms with Crippen LogP contribution in [0, 0.1) is 47.3 Å². The number of hydrogen-bond acceptors (Lipinski definition) is 4. The van der Waals surface area contributed by atoms with Crippen molar-refractivity contribution in [1.29, 1.82) is 0 Å². The maximum Gasteiger partial charge on any atom is 0.128 e. The van der Waals surface area contributed by atoms with Gasteiger partial charge < -0.3 is 20.4 Å². The molecule has 24 heavy (non-hydrogen) atoms. The van der Waals surface area contributed by atoms with Crippen molar-refractivity contribution in [3.63, 3.8) is 0 Å². The van der Waals surface area contributed by atoms with Gasteiger partial charge in [0, 0.05) is 19.1 Å². The Labute approximate surface area is 145 Å². The van der Waals surface area contributed by atoms with Crippen LogP contribution < -0.4 is 0 Å². The molecule has 4 nitrogen and oxygen atoms in total. The van der Waals surface area contributed by atoms with Crippen LogP contribution in [0.5, 0.6) is 0 Å². The summed E-state index contributed by atoms with van der Waals surface area (Å²) in [6.45, 7) is 2.43. The lowest BCUT2D eigenvalue weighted by molar-refractivity contribution is -0.105. The average Bonchev–Trinajstić information content (AvgIpc) is 2.94. The summed E-state index contributed by atoms with van der Waals surface area (Å²) in [7, 11) is 0. The molecule has 0 aromatic carbocycles. The highest BCUT2D eigenvalue weighted by Crippen LogP contribution is 2.59. The van der Waals surface area contributed by atoms with E-state index in [4.69, 9.17) is 6.42 Å². The molecule has 8 atom stereocenters. The first-order valence-electron chi connectivity index (χ1n) is 9.49. The lowest BCUT2D eigenvalue weighted by Crippen LogP contribution is -2.51. The molecule has 3 fully saturated rings. The fourth-order valence-electron chi connectivity index (χ4n) is 6.39. The smallest absolute Gasteiger partial charge is 0.128 e. The highest BCUT2D eigenvalue weighted by atomic mass is 16.3. The van der Waals surface area contributed by atoms with Crippen LogP contribution in [0.25, 0.3) is 0 Å². The molecule has 3 rings (SSSR count). The van der Waals surface area contributed by atoms with Crippen molar-refractivity contribution in [2.75, 3.05) is 13.2 Å². The minimum atomic E-state index is -1.01. The third kappa shape index (κ3) is 2.70. The predicted octanol–water partition coefficient (Wildman–Crippen LogP) is 1.55. The van der Waals surface area contributed by atoms with Gasteiger partial charge in [-0.1, -0.05) is 12.8 Å². The Balaban J connectivity index is 1.86. The fourth-order valence-corrected chi connectivity index (χ4v) is 6.39. The second-order valence-electron chi connectivity index (χ2n) is 8.72. The van der Waals surface area contributed by atoms with Gasteiger partial charge in [0.15, 0.2) is 0 Å². The molecule has 136 valence electrons. The maximum atomic E-state index is 10.7. The molecule has 0 aromatic heterocycles. The minimum absolute atomic E-state index is 0.0663. The number of aliphatic hydroxyl groups is 4. The number of hydrogen-bond donors (Lipinski definition) is 4. The fraction of sp³-hybridized carbons (Fsp3) is 0.900. The summed E-state index contributed by atoms with van der Waals surface area (Å²) in [6, 6.07) is 0.